The van der Waals surface area contributed by atoms with E-state index in [4.69, 9.17) is 0 Å². The fourth-order valence-electron chi connectivity index (χ4n) is 3.74. The minimum Gasteiger partial charge on any atom is -0.504 e. The lowest BCUT2D eigenvalue weighted by Crippen LogP contribution is -2.22. The van der Waals surface area contributed by atoms with Crippen molar-refractivity contribution in [2.24, 2.45) is 0 Å². The quantitative estimate of drug-likeness (QED) is 0.400. The van der Waals surface area contributed by atoms with Gasteiger partial charge in [-0.25, -0.2) is 0 Å². The molecule has 2 aromatic carbocycles. The maximum Gasteiger partial charge on any atom is 0.232 e. The number of nitrogens with one attached hydrogen (secondary N) is 2. The van der Waals surface area contributed by atoms with E-state index in [-0.39, 0.29) is 11.1 Å². The van der Waals surface area contributed by atoms with Gasteiger partial charge in [-0.3, -0.25) is 9.59 Å². The molecule has 0 unspecified atom stereocenters. The number of aromatic amines is 2. The standard InChI is InChI=1S/C22H14N2O4/c25-19-17(13-9-23-15-7-3-1-5-11(13)15)20(26)22(28)18(21(19)27)14-10-24-16-8-4-2-6-12(14)16/h1-10,23-25,28H. The highest BCUT2D eigenvalue weighted by atomic mass is 16.3. The van der Waals surface area contributed by atoms with E-state index in [2.05, 4.69) is 9.97 Å². The van der Waals surface area contributed by atoms with Gasteiger partial charge in [-0.2, -0.15) is 0 Å². The van der Waals surface area contributed by atoms with E-state index in [1.165, 1.54) is 0 Å². The molecule has 5 rings (SSSR count). The van der Waals surface area contributed by atoms with Crippen LogP contribution in [0.25, 0.3) is 33.0 Å². The summed E-state index contributed by atoms with van der Waals surface area (Å²) in [6.45, 7) is 0. The largest absolute Gasteiger partial charge is 0.504 e. The Kier molecular flexibility index (Phi) is 3.30. The molecule has 0 aliphatic heterocycles. The lowest BCUT2D eigenvalue weighted by atomic mass is 9.86. The van der Waals surface area contributed by atoms with E-state index in [1.54, 1.807) is 36.7 Å². The Hall–Kier alpha value is -4.06. The summed E-state index contributed by atoms with van der Waals surface area (Å²) in [4.78, 5) is 31.9. The molecular formula is C22H14N2O4. The zero-order chi connectivity index (χ0) is 19.4. The molecule has 28 heavy (non-hydrogen) atoms. The number of aliphatic hydroxyl groups excluding tert-OH is 2. The number of fused-ring (bicyclic) bond motifs is 2. The Labute approximate surface area is 158 Å². The molecule has 0 spiro atoms. The van der Waals surface area contributed by atoms with E-state index in [1.807, 2.05) is 24.3 Å². The SMILES string of the molecule is O=C1C(O)=C(c2c[nH]c3ccccc23)C(=O)C(O)=C1c1c[nH]c2ccccc12. The van der Waals surface area contributed by atoms with Gasteiger partial charge in [-0.15, -0.1) is 0 Å². The van der Waals surface area contributed by atoms with Crippen LogP contribution in [0.5, 0.6) is 0 Å². The number of benzene rings is 2. The molecule has 0 atom stereocenters. The zero-order valence-electron chi connectivity index (χ0n) is 14.5. The second kappa shape index (κ2) is 5.72. The highest BCUT2D eigenvalue weighted by molar-refractivity contribution is 6.47. The van der Waals surface area contributed by atoms with Gasteiger partial charge in [-0.05, 0) is 12.1 Å². The van der Waals surface area contributed by atoms with Crippen molar-refractivity contribution in [2.75, 3.05) is 0 Å². The van der Waals surface area contributed by atoms with Gasteiger partial charge in [0.25, 0.3) is 0 Å². The van der Waals surface area contributed by atoms with Crippen LogP contribution in [0.4, 0.5) is 0 Å². The predicted molar refractivity (Wildman–Crippen MR) is 106 cm³/mol. The van der Waals surface area contributed by atoms with Crippen molar-refractivity contribution in [3.05, 3.63) is 83.6 Å². The van der Waals surface area contributed by atoms with Crippen LogP contribution < -0.4 is 0 Å². The van der Waals surface area contributed by atoms with Gasteiger partial charge in [0.15, 0.2) is 11.5 Å². The number of H-pyrrole nitrogens is 2. The van der Waals surface area contributed by atoms with Crippen LogP contribution in [0.15, 0.2) is 72.4 Å². The van der Waals surface area contributed by atoms with Crippen molar-refractivity contribution < 1.29 is 19.8 Å². The molecule has 0 saturated carbocycles. The van der Waals surface area contributed by atoms with Crippen molar-refractivity contribution in [2.45, 2.75) is 0 Å². The second-order valence-electron chi connectivity index (χ2n) is 6.60. The highest BCUT2D eigenvalue weighted by Crippen LogP contribution is 2.38. The molecule has 0 amide bonds. The zero-order valence-corrected chi connectivity index (χ0v) is 14.5. The maximum atomic E-state index is 13.0. The number of hydrogen-bond donors (Lipinski definition) is 4. The highest BCUT2D eigenvalue weighted by Gasteiger charge is 2.37. The fourth-order valence-corrected chi connectivity index (χ4v) is 3.74. The van der Waals surface area contributed by atoms with E-state index in [9.17, 15) is 19.8 Å². The Balaban J connectivity index is 1.71. The van der Waals surface area contributed by atoms with E-state index in [0.717, 1.165) is 11.0 Å². The molecule has 4 aromatic rings. The minimum absolute atomic E-state index is 0.205. The Morgan fingerprint density at radius 2 is 1.00 bits per heavy atom. The minimum atomic E-state index is -0.790. The maximum absolute atomic E-state index is 13.0. The number of hydrogen-bond acceptors (Lipinski definition) is 4. The van der Waals surface area contributed by atoms with Crippen LogP contribution in [0.1, 0.15) is 11.1 Å². The third-order valence-corrected chi connectivity index (χ3v) is 5.08. The summed E-state index contributed by atoms with van der Waals surface area (Å²) < 4.78 is 0. The molecular weight excluding hydrogens is 356 g/mol. The molecule has 0 radical (unpaired) electrons. The van der Waals surface area contributed by atoms with Gasteiger partial charge in [0, 0.05) is 45.3 Å². The van der Waals surface area contributed by atoms with Crippen LogP contribution >= 0.6 is 0 Å². The number of para-hydroxylation sites is 2. The van der Waals surface area contributed by atoms with E-state index < -0.39 is 23.1 Å². The van der Waals surface area contributed by atoms with Crippen molar-refractivity contribution in [3.8, 4) is 0 Å². The lowest BCUT2D eigenvalue weighted by Gasteiger charge is -2.17. The first-order chi connectivity index (χ1) is 13.6. The van der Waals surface area contributed by atoms with Gasteiger partial charge < -0.3 is 20.2 Å². The summed E-state index contributed by atoms with van der Waals surface area (Å²) in [5.74, 6) is -2.93. The third kappa shape index (κ3) is 2.08. The normalized spacial score (nSPS) is 15.3. The molecule has 1 aliphatic rings. The number of carbonyl (C=O) groups is 2. The Bertz CT molecular complexity index is 1260. The van der Waals surface area contributed by atoms with Crippen LogP contribution in [0, 0.1) is 0 Å². The molecule has 4 N–H and O–H groups in total. The average Bonchev–Trinajstić information content (AvgIpc) is 3.32. The van der Waals surface area contributed by atoms with E-state index >= 15 is 0 Å². The Morgan fingerprint density at radius 1 is 0.607 bits per heavy atom. The molecule has 2 aromatic heterocycles. The first-order valence-electron chi connectivity index (χ1n) is 8.66. The van der Waals surface area contributed by atoms with Gasteiger partial charge in [0.2, 0.25) is 11.6 Å². The fraction of sp³-hybridized carbons (Fsp3) is 0. The average molecular weight is 370 g/mol. The summed E-state index contributed by atoms with van der Waals surface area (Å²) in [7, 11) is 0. The monoisotopic (exact) mass is 370 g/mol. The number of Topliss-reactive ketones (excluding diaryl/α,β-unsaturated/α-hetero) is 2. The number of aliphatic hydroxyl groups is 2. The van der Waals surface area contributed by atoms with Gasteiger partial charge in [-0.1, -0.05) is 36.4 Å². The van der Waals surface area contributed by atoms with Crippen molar-refractivity contribution in [1.29, 1.82) is 0 Å². The number of ketones is 2. The summed E-state index contributed by atoms with van der Waals surface area (Å²) in [5.41, 5.74) is 1.84. The third-order valence-electron chi connectivity index (χ3n) is 5.08. The second-order valence-corrected chi connectivity index (χ2v) is 6.60. The van der Waals surface area contributed by atoms with Crippen molar-refractivity contribution >= 4 is 44.5 Å². The van der Waals surface area contributed by atoms with Crippen LogP contribution in [0.2, 0.25) is 0 Å². The summed E-state index contributed by atoms with van der Waals surface area (Å²) >= 11 is 0. The number of aromatic nitrogens is 2. The number of allylic oxidation sites excluding steroid dienone is 2. The molecule has 1 aliphatic carbocycles. The summed E-state index contributed by atoms with van der Waals surface area (Å²) in [6, 6.07) is 14.4. The number of rotatable bonds is 2. The summed E-state index contributed by atoms with van der Waals surface area (Å²) in [5, 5.41) is 22.6. The van der Waals surface area contributed by atoms with Crippen LogP contribution in [0.3, 0.4) is 0 Å². The van der Waals surface area contributed by atoms with Gasteiger partial charge in [0.05, 0.1) is 11.1 Å². The molecule has 6 nitrogen and oxygen atoms in total. The van der Waals surface area contributed by atoms with Crippen LogP contribution in [-0.2, 0) is 9.59 Å². The van der Waals surface area contributed by atoms with Gasteiger partial charge >= 0.3 is 0 Å². The first kappa shape index (κ1) is 16.1. The molecule has 136 valence electrons. The predicted octanol–water partition coefficient (Wildman–Crippen LogP) is 4.04. The van der Waals surface area contributed by atoms with Crippen molar-refractivity contribution in [1.82, 2.24) is 9.97 Å². The molecule has 0 bridgehead atoms. The number of carbonyl (C=O) groups excluding carboxylic acids is 2. The molecule has 0 fully saturated rings. The van der Waals surface area contributed by atoms with E-state index in [0.29, 0.717) is 21.9 Å². The van der Waals surface area contributed by atoms with Crippen LogP contribution in [-0.4, -0.2) is 31.7 Å². The molecule has 6 heteroatoms. The summed E-state index contributed by atoms with van der Waals surface area (Å²) in [6.07, 6.45) is 3.09. The first-order valence-corrected chi connectivity index (χ1v) is 8.66. The molecule has 0 saturated heterocycles. The smallest absolute Gasteiger partial charge is 0.232 e. The molecule has 2 heterocycles. The Morgan fingerprint density at radius 3 is 1.43 bits per heavy atom. The lowest BCUT2D eigenvalue weighted by molar-refractivity contribution is -0.116. The topological polar surface area (TPSA) is 106 Å². The van der Waals surface area contributed by atoms with Gasteiger partial charge in [0.1, 0.15) is 0 Å². The van der Waals surface area contributed by atoms with Crippen molar-refractivity contribution in [3.63, 3.8) is 0 Å².